The van der Waals surface area contributed by atoms with Gasteiger partial charge in [-0.25, -0.2) is 0 Å². The summed E-state index contributed by atoms with van der Waals surface area (Å²) in [6, 6.07) is 0. The van der Waals surface area contributed by atoms with Crippen molar-refractivity contribution in [2.75, 3.05) is 13.2 Å². The van der Waals surface area contributed by atoms with Gasteiger partial charge in [0, 0.05) is 19.3 Å². The van der Waals surface area contributed by atoms with Gasteiger partial charge in [0.2, 0.25) is 0 Å². The van der Waals surface area contributed by atoms with Gasteiger partial charge in [-0.2, -0.15) is 0 Å². The summed E-state index contributed by atoms with van der Waals surface area (Å²) in [6.45, 7) is 6.37. The minimum absolute atomic E-state index is 0.127. The van der Waals surface area contributed by atoms with Crippen molar-refractivity contribution in [2.24, 2.45) is 0 Å². The number of hydrogen-bond donors (Lipinski definition) is 0. The molecular weight excluding hydrogens is 829 g/mol. The van der Waals surface area contributed by atoms with Crippen LogP contribution in [0.15, 0.2) is 122 Å². The molecule has 0 saturated carbocycles. The Morgan fingerprint density at radius 1 is 0.313 bits per heavy atom. The lowest BCUT2D eigenvalue weighted by Gasteiger charge is -2.18. The van der Waals surface area contributed by atoms with Gasteiger partial charge in [-0.3, -0.25) is 14.4 Å². The van der Waals surface area contributed by atoms with Crippen molar-refractivity contribution in [3.8, 4) is 0 Å². The molecule has 0 saturated heterocycles. The fourth-order valence-electron chi connectivity index (χ4n) is 6.93. The maximum Gasteiger partial charge on any atom is 0.306 e. The van der Waals surface area contributed by atoms with Crippen molar-refractivity contribution >= 4 is 17.9 Å². The van der Waals surface area contributed by atoms with Crippen LogP contribution in [0.3, 0.4) is 0 Å². The molecule has 0 aromatic rings. The number of hydrogen-bond acceptors (Lipinski definition) is 6. The van der Waals surface area contributed by atoms with Crippen molar-refractivity contribution in [1.29, 1.82) is 0 Å². The molecule has 378 valence electrons. The first-order valence-electron chi connectivity index (χ1n) is 27.0. The molecule has 0 aliphatic heterocycles. The van der Waals surface area contributed by atoms with E-state index in [1.165, 1.54) is 89.9 Å². The zero-order valence-electron chi connectivity index (χ0n) is 43.1. The molecule has 0 spiro atoms. The van der Waals surface area contributed by atoms with Gasteiger partial charge in [-0.1, -0.05) is 232 Å². The van der Waals surface area contributed by atoms with Gasteiger partial charge in [-0.15, -0.1) is 0 Å². The molecule has 0 aliphatic carbocycles. The lowest BCUT2D eigenvalue weighted by molar-refractivity contribution is -0.166. The van der Waals surface area contributed by atoms with Crippen molar-refractivity contribution in [3.05, 3.63) is 122 Å². The molecular formula is C61H98O6. The maximum atomic E-state index is 12.8. The van der Waals surface area contributed by atoms with E-state index >= 15 is 0 Å². The molecule has 1 atom stereocenters. The monoisotopic (exact) mass is 927 g/mol. The molecule has 0 unspecified atom stereocenters. The highest BCUT2D eigenvalue weighted by molar-refractivity contribution is 5.71. The average molecular weight is 927 g/mol. The standard InChI is InChI=1S/C61H98O6/c1-4-7-10-13-16-19-22-25-27-29-30-32-34-37-40-43-46-49-52-55-61(64)67-58(56-65-59(62)53-50-47-44-41-38-35-24-21-18-15-12-9-6-3)57-66-60(63)54-51-48-45-42-39-36-33-31-28-26-23-20-17-14-11-8-5-2/h8,11,16-17,19-20,25-28,30,32-33,36-37,40,42,45-46,49,58H,4-7,9-10,12-15,18,21-24,29,31,34-35,38-39,41,43-44,47-48,50-57H2,1-3H3/b11-8-,19-16-,20-17-,27-25-,28-26-,32-30-,36-33-,40-37-,45-42-,49-46-/t58-/m0/s1. The van der Waals surface area contributed by atoms with Crippen molar-refractivity contribution < 1.29 is 28.6 Å². The summed E-state index contributed by atoms with van der Waals surface area (Å²) in [6.07, 6.45) is 74.8. The van der Waals surface area contributed by atoms with Crippen LogP contribution >= 0.6 is 0 Å². The first-order valence-corrected chi connectivity index (χ1v) is 27.0. The Morgan fingerprint density at radius 3 is 1.03 bits per heavy atom. The molecule has 6 heteroatoms. The molecule has 0 aromatic heterocycles. The van der Waals surface area contributed by atoms with Gasteiger partial charge < -0.3 is 14.2 Å². The zero-order chi connectivity index (χ0) is 48.6. The second-order valence-corrected chi connectivity index (χ2v) is 17.4. The molecule has 0 rings (SSSR count). The molecule has 0 bridgehead atoms. The second kappa shape index (κ2) is 54.4. The summed E-state index contributed by atoms with van der Waals surface area (Å²) >= 11 is 0. The lowest BCUT2D eigenvalue weighted by atomic mass is 10.0. The van der Waals surface area contributed by atoms with E-state index in [1.807, 2.05) is 12.2 Å². The Kier molecular flexibility index (Phi) is 51.0. The number of esters is 3. The van der Waals surface area contributed by atoms with Crippen LogP contribution in [0.5, 0.6) is 0 Å². The maximum absolute atomic E-state index is 12.8. The smallest absolute Gasteiger partial charge is 0.306 e. The third-order valence-electron chi connectivity index (χ3n) is 11.0. The van der Waals surface area contributed by atoms with Crippen LogP contribution in [-0.4, -0.2) is 37.2 Å². The molecule has 0 aliphatic rings. The SMILES string of the molecule is CC/C=C\C/C=C\C/C=C\C/C=C\C/C=C\CCCC(=O)OC[C@H](COC(=O)CCCCCCCCCCCCCCC)OC(=O)CC/C=C\C/C=C\C/C=C\C/C=C\C/C=C\CCCCC. The Morgan fingerprint density at radius 2 is 0.627 bits per heavy atom. The van der Waals surface area contributed by atoms with Gasteiger partial charge in [0.25, 0.3) is 0 Å². The van der Waals surface area contributed by atoms with E-state index in [1.54, 1.807) is 0 Å². The van der Waals surface area contributed by atoms with Gasteiger partial charge in [0.05, 0.1) is 0 Å². The molecule has 0 fully saturated rings. The largest absolute Gasteiger partial charge is 0.462 e. The number of rotatable bonds is 47. The van der Waals surface area contributed by atoms with Gasteiger partial charge >= 0.3 is 17.9 Å². The van der Waals surface area contributed by atoms with Crippen LogP contribution in [0.25, 0.3) is 0 Å². The van der Waals surface area contributed by atoms with Crippen molar-refractivity contribution in [2.45, 2.75) is 232 Å². The third-order valence-corrected chi connectivity index (χ3v) is 11.0. The van der Waals surface area contributed by atoms with Crippen LogP contribution in [0, 0.1) is 0 Å². The molecule has 0 heterocycles. The molecule has 6 nitrogen and oxygen atoms in total. The predicted molar refractivity (Wildman–Crippen MR) is 288 cm³/mol. The van der Waals surface area contributed by atoms with Crippen molar-refractivity contribution in [1.82, 2.24) is 0 Å². The number of carbonyl (C=O) groups is 3. The van der Waals surface area contributed by atoms with Crippen LogP contribution in [-0.2, 0) is 28.6 Å². The van der Waals surface area contributed by atoms with E-state index in [2.05, 4.69) is 130 Å². The summed E-state index contributed by atoms with van der Waals surface area (Å²) in [5, 5.41) is 0. The molecule has 0 amide bonds. The summed E-state index contributed by atoms with van der Waals surface area (Å²) in [4.78, 5) is 38.0. The molecule has 0 N–H and O–H groups in total. The van der Waals surface area contributed by atoms with Crippen molar-refractivity contribution in [3.63, 3.8) is 0 Å². The summed E-state index contributed by atoms with van der Waals surface area (Å²) in [7, 11) is 0. The van der Waals surface area contributed by atoms with Crippen LogP contribution in [0.2, 0.25) is 0 Å². The van der Waals surface area contributed by atoms with E-state index in [-0.39, 0.29) is 38.0 Å². The Balaban J connectivity index is 4.61. The number of allylic oxidation sites excluding steroid dienone is 20. The van der Waals surface area contributed by atoms with E-state index < -0.39 is 12.1 Å². The predicted octanol–water partition coefficient (Wildman–Crippen LogP) is 18.1. The van der Waals surface area contributed by atoms with Gasteiger partial charge in [-0.05, 0) is 96.3 Å². The average Bonchev–Trinajstić information content (AvgIpc) is 3.33. The topological polar surface area (TPSA) is 78.9 Å². The quantitative estimate of drug-likeness (QED) is 0.0262. The first-order chi connectivity index (χ1) is 33.0. The number of carbonyl (C=O) groups excluding carboxylic acids is 3. The van der Waals surface area contributed by atoms with E-state index in [4.69, 9.17) is 14.2 Å². The van der Waals surface area contributed by atoms with Crippen LogP contribution in [0.1, 0.15) is 226 Å². The minimum atomic E-state index is -0.842. The highest BCUT2D eigenvalue weighted by Gasteiger charge is 2.19. The van der Waals surface area contributed by atoms with E-state index in [0.717, 1.165) is 83.5 Å². The van der Waals surface area contributed by atoms with Gasteiger partial charge in [0.1, 0.15) is 13.2 Å². The Hall–Kier alpha value is -4.19. The van der Waals surface area contributed by atoms with Crippen LogP contribution in [0.4, 0.5) is 0 Å². The Bertz CT molecular complexity index is 1440. The first kappa shape index (κ1) is 62.8. The normalized spacial score (nSPS) is 13.1. The third kappa shape index (κ3) is 52.6. The highest BCUT2D eigenvalue weighted by atomic mass is 16.6. The highest BCUT2D eigenvalue weighted by Crippen LogP contribution is 2.14. The summed E-state index contributed by atoms with van der Waals surface area (Å²) in [5.74, 6) is -1.08. The fraction of sp³-hybridized carbons (Fsp3) is 0.623. The number of ether oxygens (including phenoxy) is 3. The Labute approximate surface area is 412 Å². The molecule has 0 aromatic carbocycles. The second-order valence-electron chi connectivity index (χ2n) is 17.4. The summed E-state index contributed by atoms with van der Waals surface area (Å²) < 4.78 is 16.7. The van der Waals surface area contributed by atoms with E-state index in [9.17, 15) is 14.4 Å². The molecule has 67 heavy (non-hydrogen) atoms. The minimum Gasteiger partial charge on any atom is -0.462 e. The number of unbranched alkanes of at least 4 members (excludes halogenated alkanes) is 16. The summed E-state index contributed by atoms with van der Waals surface area (Å²) in [5.41, 5.74) is 0. The lowest BCUT2D eigenvalue weighted by Crippen LogP contribution is -2.30. The molecule has 0 radical (unpaired) electrons. The zero-order valence-corrected chi connectivity index (χ0v) is 43.1. The van der Waals surface area contributed by atoms with E-state index in [0.29, 0.717) is 19.3 Å². The fourth-order valence-corrected chi connectivity index (χ4v) is 6.93. The van der Waals surface area contributed by atoms with Gasteiger partial charge in [0.15, 0.2) is 6.10 Å². The van der Waals surface area contributed by atoms with Crippen LogP contribution < -0.4 is 0 Å².